The first kappa shape index (κ1) is 14.7. The Labute approximate surface area is 109 Å². The number of hydrogen-bond acceptors (Lipinski definition) is 5. The summed E-state index contributed by atoms with van der Waals surface area (Å²) in [6, 6.07) is 0. The van der Waals surface area contributed by atoms with E-state index >= 15 is 0 Å². The first-order valence-electron chi connectivity index (χ1n) is 6.49. The van der Waals surface area contributed by atoms with E-state index < -0.39 is 0 Å². The summed E-state index contributed by atoms with van der Waals surface area (Å²) >= 11 is 0. The Bertz CT molecular complexity index is 379. The van der Waals surface area contributed by atoms with Crippen LogP contribution in [0.5, 0.6) is 0 Å². The summed E-state index contributed by atoms with van der Waals surface area (Å²) in [4.78, 5) is 8.80. The molecule has 0 spiro atoms. The van der Waals surface area contributed by atoms with E-state index in [4.69, 9.17) is 4.74 Å². The number of aromatic nitrogens is 2. The van der Waals surface area contributed by atoms with Gasteiger partial charge in [-0.05, 0) is 34.6 Å². The molecule has 0 aliphatic carbocycles. The lowest BCUT2D eigenvalue weighted by atomic mass is 10.3. The molecule has 0 saturated heterocycles. The number of nitrogens with one attached hydrogen (secondary N) is 2. The van der Waals surface area contributed by atoms with Crippen molar-refractivity contribution < 1.29 is 4.74 Å². The second-order valence-electron chi connectivity index (χ2n) is 4.47. The zero-order valence-electron chi connectivity index (χ0n) is 12.0. The third kappa shape index (κ3) is 4.49. The van der Waals surface area contributed by atoms with Crippen LogP contribution in [0, 0.1) is 13.8 Å². The fourth-order valence-electron chi connectivity index (χ4n) is 1.60. The summed E-state index contributed by atoms with van der Waals surface area (Å²) in [7, 11) is 0. The van der Waals surface area contributed by atoms with Crippen molar-refractivity contribution in [2.24, 2.45) is 0 Å². The van der Waals surface area contributed by atoms with Gasteiger partial charge in [-0.15, -0.1) is 0 Å². The van der Waals surface area contributed by atoms with Gasteiger partial charge in [0.15, 0.2) is 0 Å². The molecule has 0 unspecified atom stereocenters. The number of aryl methyl sites for hydroxylation is 1. The summed E-state index contributed by atoms with van der Waals surface area (Å²) in [5.41, 5.74) is 1.05. The van der Waals surface area contributed by atoms with E-state index in [0.29, 0.717) is 6.61 Å². The first-order valence-corrected chi connectivity index (χ1v) is 6.49. The Morgan fingerprint density at radius 3 is 2.28 bits per heavy atom. The maximum absolute atomic E-state index is 5.49. The lowest BCUT2D eigenvalue weighted by molar-refractivity contribution is 0.0870. The van der Waals surface area contributed by atoms with E-state index in [2.05, 4.69) is 27.5 Å². The lowest BCUT2D eigenvalue weighted by Crippen LogP contribution is -2.16. The van der Waals surface area contributed by atoms with Crippen molar-refractivity contribution in [1.29, 1.82) is 0 Å². The molecule has 0 radical (unpaired) electrons. The van der Waals surface area contributed by atoms with E-state index in [9.17, 15) is 0 Å². The van der Waals surface area contributed by atoms with Crippen LogP contribution in [0.1, 0.15) is 32.2 Å². The molecule has 1 rings (SSSR count). The summed E-state index contributed by atoms with van der Waals surface area (Å²) < 4.78 is 5.49. The van der Waals surface area contributed by atoms with Crippen LogP contribution in [0.2, 0.25) is 0 Å². The van der Waals surface area contributed by atoms with Crippen LogP contribution in [0.25, 0.3) is 0 Å². The van der Waals surface area contributed by atoms with Gasteiger partial charge in [-0.2, -0.15) is 0 Å². The second kappa shape index (κ2) is 7.16. The average Bonchev–Trinajstić information content (AvgIpc) is 2.30. The van der Waals surface area contributed by atoms with Crippen molar-refractivity contribution in [3.05, 3.63) is 11.4 Å². The quantitative estimate of drug-likeness (QED) is 0.730. The van der Waals surface area contributed by atoms with Crippen molar-refractivity contribution in [1.82, 2.24) is 9.97 Å². The molecule has 102 valence electrons. The van der Waals surface area contributed by atoms with E-state index in [1.165, 1.54) is 0 Å². The fourth-order valence-corrected chi connectivity index (χ4v) is 1.60. The molecular formula is C13H24N4O. The average molecular weight is 252 g/mol. The van der Waals surface area contributed by atoms with Gasteiger partial charge in [0.2, 0.25) is 0 Å². The molecule has 0 aromatic carbocycles. The van der Waals surface area contributed by atoms with Crippen LogP contribution >= 0.6 is 0 Å². The molecule has 1 aromatic rings. The van der Waals surface area contributed by atoms with Crippen LogP contribution in [-0.4, -0.2) is 35.8 Å². The Kier molecular flexibility index (Phi) is 5.85. The topological polar surface area (TPSA) is 59.1 Å². The SMILES string of the molecule is CCNc1nc(C)nc(NCCOC(C)C)c1C. The van der Waals surface area contributed by atoms with Crippen LogP contribution in [0.4, 0.5) is 11.6 Å². The van der Waals surface area contributed by atoms with Crippen molar-refractivity contribution in [3.63, 3.8) is 0 Å². The molecule has 0 aliphatic heterocycles. The summed E-state index contributed by atoms with van der Waals surface area (Å²) in [6.07, 6.45) is 0.261. The molecule has 1 heterocycles. The van der Waals surface area contributed by atoms with E-state index in [0.717, 1.165) is 36.1 Å². The third-order valence-corrected chi connectivity index (χ3v) is 2.45. The lowest BCUT2D eigenvalue weighted by Gasteiger charge is -2.14. The Balaban J connectivity index is 2.64. The van der Waals surface area contributed by atoms with Gasteiger partial charge in [-0.1, -0.05) is 0 Å². The molecule has 2 N–H and O–H groups in total. The molecule has 18 heavy (non-hydrogen) atoms. The zero-order valence-corrected chi connectivity index (χ0v) is 12.0. The van der Waals surface area contributed by atoms with Crippen molar-refractivity contribution in [3.8, 4) is 0 Å². The van der Waals surface area contributed by atoms with Crippen LogP contribution in [-0.2, 0) is 4.74 Å². The predicted molar refractivity (Wildman–Crippen MR) is 75.2 cm³/mol. The van der Waals surface area contributed by atoms with Gasteiger partial charge < -0.3 is 15.4 Å². The van der Waals surface area contributed by atoms with Gasteiger partial charge in [0.25, 0.3) is 0 Å². The minimum atomic E-state index is 0.261. The molecule has 0 bridgehead atoms. The maximum Gasteiger partial charge on any atom is 0.134 e. The van der Waals surface area contributed by atoms with Gasteiger partial charge in [-0.3, -0.25) is 0 Å². The Hall–Kier alpha value is -1.36. The summed E-state index contributed by atoms with van der Waals surface area (Å²) in [6.45, 7) is 12.3. The second-order valence-corrected chi connectivity index (χ2v) is 4.47. The van der Waals surface area contributed by atoms with Crippen LogP contribution in [0.15, 0.2) is 0 Å². The highest BCUT2D eigenvalue weighted by molar-refractivity contribution is 5.57. The highest BCUT2D eigenvalue weighted by atomic mass is 16.5. The standard InChI is InChI=1S/C13H24N4O/c1-6-14-12-10(4)13(17-11(5)16-12)15-7-8-18-9(2)3/h9H,6-8H2,1-5H3,(H2,14,15,16,17). The van der Waals surface area contributed by atoms with Gasteiger partial charge >= 0.3 is 0 Å². The number of hydrogen-bond donors (Lipinski definition) is 2. The van der Waals surface area contributed by atoms with Gasteiger partial charge in [0.1, 0.15) is 17.5 Å². The van der Waals surface area contributed by atoms with Crippen molar-refractivity contribution in [2.75, 3.05) is 30.3 Å². The van der Waals surface area contributed by atoms with Crippen molar-refractivity contribution >= 4 is 11.6 Å². The first-order chi connectivity index (χ1) is 8.54. The number of rotatable bonds is 7. The van der Waals surface area contributed by atoms with E-state index in [1.54, 1.807) is 0 Å². The zero-order chi connectivity index (χ0) is 13.5. The molecule has 5 nitrogen and oxygen atoms in total. The molecule has 0 atom stereocenters. The molecular weight excluding hydrogens is 228 g/mol. The molecule has 0 amide bonds. The predicted octanol–water partition coefficient (Wildman–Crippen LogP) is 2.36. The maximum atomic E-state index is 5.49. The number of nitrogens with zero attached hydrogens (tertiary/aromatic N) is 2. The van der Waals surface area contributed by atoms with Gasteiger partial charge in [-0.25, -0.2) is 9.97 Å². The molecule has 0 aliphatic rings. The summed E-state index contributed by atoms with van der Waals surface area (Å²) in [5, 5.41) is 6.54. The minimum Gasteiger partial charge on any atom is -0.377 e. The molecule has 5 heteroatoms. The monoisotopic (exact) mass is 252 g/mol. The van der Waals surface area contributed by atoms with Crippen LogP contribution in [0.3, 0.4) is 0 Å². The fraction of sp³-hybridized carbons (Fsp3) is 0.692. The van der Waals surface area contributed by atoms with Gasteiger partial charge in [0, 0.05) is 18.7 Å². The van der Waals surface area contributed by atoms with Gasteiger partial charge in [0.05, 0.1) is 12.7 Å². The van der Waals surface area contributed by atoms with Crippen molar-refractivity contribution in [2.45, 2.75) is 40.7 Å². The number of anilines is 2. The van der Waals surface area contributed by atoms with E-state index in [1.807, 2.05) is 27.7 Å². The Morgan fingerprint density at radius 1 is 1.11 bits per heavy atom. The highest BCUT2D eigenvalue weighted by Gasteiger charge is 2.07. The molecule has 0 saturated carbocycles. The molecule has 1 aromatic heterocycles. The minimum absolute atomic E-state index is 0.261. The number of ether oxygens (including phenoxy) is 1. The largest absolute Gasteiger partial charge is 0.377 e. The summed E-state index contributed by atoms with van der Waals surface area (Å²) in [5.74, 6) is 2.55. The molecule has 0 fully saturated rings. The Morgan fingerprint density at radius 2 is 1.72 bits per heavy atom. The highest BCUT2D eigenvalue weighted by Crippen LogP contribution is 2.19. The third-order valence-electron chi connectivity index (χ3n) is 2.45. The van der Waals surface area contributed by atoms with Crippen LogP contribution < -0.4 is 10.6 Å². The van der Waals surface area contributed by atoms with E-state index in [-0.39, 0.29) is 6.10 Å². The normalized spacial score (nSPS) is 10.8. The smallest absolute Gasteiger partial charge is 0.134 e.